The summed E-state index contributed by atoms with van der Waals surface area (Å²) >= 11 is 1.44. The van der Waals surface area contributed by atoms with Crippen LogP contribution in [0.15, 0.2) is 24.7 Å². The second kappa shape index (κ2) is 7.96. The van der Waals surface area contributed by atoms with Crippen LogP contribution in [0, 0.1) is 11.6 Å². The Morgan fingerprint density at radius 3 is 2.90 bits per heavy atom. The summed E-state index contributed by atoms with van der Waals surface area (Å²) in [6.45, 7) is 4.89. The Balaban J connectivity index is 1.45. The fourth-order valence-corrected chi connectivity index (χ4v) is 4.30. The molecule has 1 aliphatic rings. The molecule has 3 aromatic rings. The summed E-state index contributed by atoms with van der Waals surface area (Å²) in [5.41, 5.74) is 0.298. The quantitative estimate of drug-likeness (QED) is 0.683. The van der Waals surface area contributed by atoms with E-state index in [2.05, 4.69) is 32.1 Å². The highest BCUT2D eigenvalue weighted by atomic mass is 32.1. The van der Waals surface area contributed by atoms with Crippen molar-refractivity contribution in [2.45, 2.75) is 39.0 Å². The number of aromatic nitrogens is 3. The van der Waals surface area contributed by atoms with Gasteiger partial charge < -0.3 is 10.1 Å². The highest BCUT2D eigenvalue weighted by Crippen LogP contribution is 2.29. The molecule has 0 unspecified atom stereocenters. The van der Waals surface area contributed by atoms with Gasteiger partial charge in [0, 0.05) is 49.6 Å². The molecule has 152 valence electrons. The van der Waals surface area contributed by atoms with Gasteiger partial charge >= 0.3 is 0 Å². The van der Waals surface area contributed by atoms with Crippen LogP contribution in [0.4, 0.5) is 13.9 Å². The molecule has 1 amide bonds. The Hall–Kier alpha value is -2.72. The molecule has 0 radical (unpaired) electrons. The molecule has 3 heterocycles. The zero-order valence-electron chi connectivity index (χ0n) is 15.9. The minimum atomic E-state index is -0.960. The van der Waals surface area contributed by atoms with Gasteiger partial charge in [0.15, 0.2) is 16.8 Å². The topological polar surface area (TPSA) is 80.2 Å². The molecule has 0 bridgehead atoms. The van der Waals surface area contributed by atoms with Gasteiger partial charge in [-0.1, -0.05) is 0 Å². The number of nitrogens with one attached hydrogen (secondary N) is 1. The van der Waals surface area contributed by atoms with E-state index in [4.69, 9.17) is 4.74 Å². The second-order valence-corrected chi connectivity index (χ2v) is 8.14. The van der Waals surface area contributed by atoms with E-state index < -0.39 is 11.6 Å². The van der Waals surface area contributed by atoms with Crippen molar-refractivity contribution in [1.29, 1.82) is 0 Å². The van der Waals surface area contributed by atoms with E-state index in [0.29, 0.717) is 29.1 Å². The van der Waals surface area contributed by atoms with Crippen LogP contribution >= 0.6 is 11.3 Å². The van der Waals surface area contributed by atoms with Gasteiger partial charge in [0.2, 0.25) is 11.8 Å². The van der Waals surface area contributed by atoms with Crippen LogP contribution in [0.5, 0.6) is 5.88 Å². The van der Waals surface area contributed by atoms with Gasteiger partial charge in [0.05, 0.1) is 10.9 Å². The first-order chi connectivity index (χ1) is 13.9. The van der Waals surface area contributed by atoms with Crippen molar-refractivity contribution in [3.05, 3.63) is 41.2 Å². The molecule has 2 aromatic heterocycles. The molecular formula is C19H19F2N5O2S. The van der Waals surface area contributed by atoms with Crippen molar-refractivity contribution in [3.8, 4) is 5.88 Å². The summed E-state index contributed by atoms with van der Waals surface area (Å²) in [6, 6.07) is 2.37. The first kappa shape index (κ1) is 19.6. The smallest absolute Gasteiger partial charge is 0.224 e. The molecular weight excluding hydrogens is 400 g/mol. The molecule has 2 atom stereocenters. The molecule has 1 N–H and O–H groups in total. The van der Waals surface area contributed by atoms with Crippen LogP contribution in [0.1, 0.15) is 25.1 Å². The molecule has 1 aromatic carbocycles. The first-order valence-electron chi connectivity index (χ1n) is 9.12. The lowest BCUT2D eigenvalue weighted by atomic mass is 10.2. The molecule has 0 spiro atoms. The van der Waals surface area contributed by atoms with Crippen LogP contribution < -0.4 is 10.1 Å². The van der Waals surface area contributed by atoms with Gasteiger partial charge in [-0.25, -0.2) is 23.7 Å². The van der Waals surface area contributed by atoms with Crippen molar-refractivity contribution in [3.63, 3.8) is 0 Å². The Labute approximate surface area is 169 Å². The number of ether oxygens (including phenoxy) is 1. The predicted octanol–water partition coefficient (Wildman–Crippen LogP) is 3.36. The molecule has 29 heavy (non-hydrogen) atoms. The fraction of sp³-hybridized carbons (Fsp3) is 0.368. The monoisotopic (exact) mass is 419 g/mol. The van der Waals surface area contributed by atoms with Crippen LogP contribution in [0.25, 0.3) is 10.9 Å². The Bertz CT molecular complexity index is 1060. The average Bonchev–Trinajstić information content (AvgIpc) is 3.23. The summed E-state index contributed by atoms with van der Waals surface area (Å²) < 4.78 is 33.1. The number of benzene rings is 1. The number of thiazole rings is 1. The van der Waals surface area contributed by atoms with Crippen LogP contribution in [-0.2, 0) is 11.3 Å². The molecule has 0 saturated carbocycles. The number of amides is 1. The Morgan fingerprint density at radius 2 is 2.10 bits per heavy atom. The minimum Gasteiger partial charge on any atom is -0.472 e. The largest absolute Gasteiger partial charge is 0.472 e. The molecule has 1 fully saturated rings. The van der Waals surface area contributed by atoms with E-state index in [1.54, 1.807) is 6.20 Å². The zero-order chi connectivity index (χ0) is 20.5. The highest BCUT2D eigenvalue weighted by molar-refractivity contribution is 7.15. The zero-order valence-corrected chi connectivity index (χ0v) is 16.7. The number of carbonyl (C=O) groups is 1. The third-order valence-electron chi connectivity index (χ3n) is 4.78. The summed E-state index contributed by atoms with van der Waals surface area (Å²) in [5, 5.41) is 3.61. The lowest BCUT2D eigenvalue weighted by Crippen LogP contribution is -2.27. The van der Waals surface area contributed by atoms with E-state index in [-0.39, 0.29) is 23.9 Å². The lowest BCUT2D eigenvalue weighted by molar-refractivity contribution is -0.114. The van der Waals surface area contributed by atoms with Crippen LogP contribution in [0.2, 0.25) is 0 Å². The third-order valence-corrected chi connectivity index (χ3v) is 5.68. The number of anilines is 1. The number of fused-ring (bicyclic) bond motifs is 1. The lowest BCUT2D eigenvalue weighted by Gasteiger charge is -2.19. The summed E-state index contributed by atoms with van der Waals surface area (Å²) in [5.74, 6) is -1.81. The minimum absolute atomic E-state index is 0.140. The van der Waals surface area contributed by atoms with Crippen molar-refractivity contribution >= 4 is 33.3 Å². The van der Waals surface area contributed by atoms with Crippen molar-refractivity contribution < 1.29 is 18.3 Å². The molecule has 10 heteroatoms. The second-order valence-electron chi connectivity index (χ2n) is 7.03. The normalized spacial score (nSPS) is 19.6. The maximum Gasteiger partial charge on any atom is 0.224 e. The van der Waals surface area contributed by atoms with Gasteiger partial charge in [-0.3, -0.25) is 9.69 Å². The molecule has 1 aliphatic heterocycles. The van der Waals surface area contributed by atoms with Crippen LogP contribution in [0.3, 0.4) is 0 Å². The summed E-state index contributed by atoms with van der Waals surface area (Å²) in [4.78, 5) is 26.7. The number of hydrogen-bond acceptors (Lipinski definition) is 7. The van der Waals surface area contributed by atoms with Crippen molar-refractivity contribution in [2.75, 3.05) is 11.9 Å². The van der Waals surface area contributed by atoms with Gasteiger partial charge in [-0.05, 0) is 13.0 Å². The molecule has 1 saturated heterocycles. The van der Waals surface area contributed by atoms with E-state index in [0.717, 1.165) is 23.4 Å². The average molecular weight is 419 g/mol. The number of nitrogens with zero attached hydrogens (tertiary/aromatic N) is 4. The Morgan fingerprint density at radius 1 is 1.31 bits per heavy atom. The van der Waals surface area contributed by atoms with Gasteiger partial charge in [-0.2, -0.15) is 0 Å². The Kier molecular flexibility index (Phi) is 5.37. The number of rotatable bonds is 5. The number of carbonyl (C=O) groups excluding carboxylic acids is 1. The van der Waals surface area contributed by atoms with E-state index in [1.807, 2.05) is 0 Å². The van der Waals surface area contributed by atoms with E-state index in [9.17, 15) is 13.6 Å². The molecule has 0 aliphatic carbocycles. The van der Waals surface area contributed by atoms with Gasteiger partial charge in [0.1, 0.15) is 12.4 Å². The first-order valence-corrected chi connectivity index (χ1v) is 9.93. The SMILES string of the molecule is CC(=O)Nc1ncc(CN2C[C@H](Oc3ncnc4cc(F)c(F)cc34)C[C@@H]2C)s1. The van der Waals surface area contributed by atoms with Crippen molar-refractivity contribution in [2.24, 2.45) is 0 Å². The fourth-order valence-electron chi connectivity index (χ4n) is 3.42. The molecule has 4 rings (SSSR count). The van der Waals surface area contributed by atoms with Crippen LogP contribution in [-0.4, -0.2) is 44.4 Å². The van der Waals surface area contributed by atoms with Gasteiger partial charge in [0.25, 0.3) is 0 Å². The number of hydrogen-bond donors (Lipinski definition) is 1. The van der Waals surface area contributed by atoms with E-state index >= 15 is 0 Å². The maximum atomic E-state index is 13.7. The maximum absolute atomic E-state index is 13.7. The number of halogens is 2. The van der Waals surface area contributed by atoms with E-state index in [1.165, 1.54) is 24.6 Å². The highest BCUT2D eigenvalue weighted by Gasteiger charge is 2.31. The van der Waals surface area contributed by atoms with Crippen molar-refractivity contribution in [1.82, 2.24) is 19.9 Å². The summed E-state index contributed by atoms with van der Waals surface area (Å²) in [7, 11) is 0. The molecule has 7 nitrogen and oxygen atoms in total. The van der Waals surface area contributed by atoms with Gasteiger partial charge in [-0.15, -0.1) is 11.3 Å². The number of likely N-dealkylation sites (tertiary alicyclic amines) is 1. The summed E-state index contributed by atoms with van der Waals surface area (Å²) in [6.07, 6.45) is 3.67. The third kappa shape index (κ3) is 4.33. The predicted molar refractivity (Wildman–Crippen MR) is 105 cm³/mol. The standard InChI is InChI=1S/C19H19F2N5O2S/c1-10-3-12(7-26(10)8-13-6-22-19(29-13)25-11(2)27)28-18-14-4-15(20)16(21)5-17(14)23-9-24-18/h4-6,9-10,12H,3,7-8H2,1-2H3,(H,22,25,27)/t10-,12+/m0/s1.